The maximum Gasteiger partial charge on any atom is 0.226 e. The molecular weight excluding hydrogens is 290 g/mol. The number of thiazole rings is 1. The zero-order valence-electron chi connectivity index (χ0n) is 9.04. The van der Waals surface area contributed by atoms with Gasteiger partial charge in [-0.05, 0) is 35.3 Å². The molecule has 0 aliphatic heterocycles. The SMILES string of the molecule is NCCCCCCC(=O)Nc1ncc(Br)s1. The van der Waals surface area contributed by atoms with Crippen molar-refractivity contribution in [2.24, 2.45) is 5.73 Å². The molecule has 16 heavy (non-hydrogen) atoms. The average molecular weight is 306 g/mol. The van der Waals surface area contributed by atoms with Crippen LogP contribution in [0.1, 0.15) is 32.1 Å². The highest BCUT2D eigenvalue weighted by atomic mass is 79.9. The highest BCUT2D eigenvalue weighted by Gasteiger charge is 2.05. The highest BCUT2D eigenvalue weighted by Crippen LogP contribution is 2.23. The molecule has 1 heterocycles. The summed E-state index contributed by atoms with van der Waals surface area (Å²) in [5.74, 6) is 0.0367. The monoisotopic (exact) mass is 305 g/mol. The Morgan fingerprint density at radius 3 is 2.81 bits per heavy atom. The van der Waals surface area contributed by atoms with Crippen LogP contribution in [0.5, 0.6) is 0 Å². The number of halogens is 1. The van der Waals surface area contributed by atoms with Gasteiger partial charge < -0.3 is 11.1 Å². The standard InChI is InChI=1S/C10H16BrN3OS/c11-8-7-13-10(16-8)14-9(15)5-3-1-2-4-6-12/h7H,1-6,12H2,(H,13,14,15). The number of carbonyl (C=O) groups is 1. The van der Waals surface area contributed by atoms with Gasteiger partial charge in [-0.3, -0.25) is 4.79 Å². The summed E-state index contributed by atoms with van der Waals surface area (Å²) in [6.45, 7) is 0.735. The van der Waals surface area contributed by atoms with Gasteiger partial charge in [-0.2, -0.15) is 0 Å². The number of carbonyl (C=O) groups excluding carboxylic acids is 1. The number of hydrogen-bond donors (Lipinski definition) is 2. The lowest BCUT2D eigenvalue weighted by atomic mass is 10.1. The highest BCUT2D eigenvalue weighted by molar-refractivity contribution is 9.11. The second-order valence-corrected chi connectivity index (χ2v) is 5.88. The minimum Gasteiger partial charge on any atom is -0.330 e. The van der Waals surface area contributed by atoms with Crippen molar-refractivity contribution in [3.8, 4) is 0 Å². The van der Waals surface area contributed by atoms with Gasteiger partial charge in [0, 0.05) is 6.42 Å². The number of rotatable bonds is 7. The molecule has 0 atom stereocenters. The minimum atomic E-state index is 0.0367. The zero-order chi connectivity index (χ0) is 11.8. The summed E-state index contributed by atoms with van der Waals surface area (Å²) in [6, 6.07) is 0. The molecular formula is C10H16BrN3OS. The number of nitrogens with one attached hydrogen (secondary N) is 1. The molecule has 0 aliphatic carbocycles. The summed E-state index contributed by atoms with van der Waals surface area (Å²) >= 11 is 4.72. The number of amides is 1. The first-order valence-corrected chi connectivity index (χ1v) is 6.94. The predicted molar refractivity (Wildman–Crippen MR) is 70.6 cm³/mol. The van der Waals surface area contributed by atoms with E-state index in [4.69, 9.17) is 5.73 Å². The molecule has 0 unspecified atom stereocenters. The van der Waals surface area contributed by atoms with Gasteiger partial charge in [0.05, 0.1) is 9.98 Å². The Morgan fingerprint density at radius 2 is 2.19 bits per heavy atom. The fraction of sp³-hybridized carbons (Fsp3) is 0.600. The van der Waals surface area contributed by atoms with Gasteiger partial charge in [-0.25, -0.2) is 4.98 Å². The van der Waals surface area contributed by atoms with Gasteiger partial charge >= 0.3 is 0 Å². The Hall–Kier alpha value is -0.460. The lowest BCUT2D eigenvalue weighted by Crippen LogP contribution is -2.10. The van der Waals surface area contributed by atoms with Crippen molar-refractivity contribution >= 4 is 38.3 Å². The van der Waals surface area contributed by atoms with E-state index in [0.717, 1.165) is 36.0 Å². The zero-order valence-corrected chi connectivity index (χ0v) is 11.4. The first-order chi connectivity index (χ1) is 7.72. The summed E-state index contributed by atoms with van der Waals surface area (Å²) in [4.78, 5) is 15.5. The fourth-order valence-corrected chi connectivity index (χ4v) is 2.40. The summed E-state index contributed by atoms with van der Waals surface area (Å²) in [6.07, 6.45) is 6.36. The quantitative estimate of drug-likeness (QED) is 0.761. The van der Waals surface area contributed by atoms with E-state index in [1.807, 2.05) is 0 Å². The molecule has 0 radical (unpaired) electrons. The van der Waals surface area contributed by atoms with E-state index in [0.29, 0.717) is 11.6 Å². The average Bonchev–Trinajstić information content (AvgIpc) is 2.63. The van der Waals surface area contributed by atoms with Crippen LogP contribution in [0.3, 0.4) is 0 Å². The first kappa shape index (κ1) is 13.6. The Labute approximate surface area is 108 Å². The van der Waals surface area contributed by atoms with Crippen molar-refractivity contribution in [2.75, 3.05) is 11.9 Å². The third-order valence-corrected chi connectivity index (χ3v) is 3.47. The predicted octanol–water partition coefficient (Wildman–Crippen LogP) is 2.75. The van der Waals surface area contributed by atoms with Crippen LogP contribution in [0.4, 0.5) is 5.13 Å². The van der Waals surface area contributed by atoms with Gasteiger partial charge in [0.25, 0.3) is 0 Å². The van der Waals surface area contributed by atoms with E-state index < -0.39 is 0 Å². The number of aromatic nitrogens is 1. The molecule has 1 amide bonds. The van der Waals surface area contributed by atoms with Crippen LogP contribution >= 0.6 is 27.3 Å². The summed E-state index contributed by atoms with van der Waals surface area (Å²) in [5.41, 5.74) is 5.38. The van der Waals surface area contributed by atoms with Gasteiger partial charge in [-0.1, -0.05) is 24.2 Å². The number of unbranched alkanes of at least 4 members (excludes halogenated alkanes) is 3. The van der Waals surface area contributed by atoms with E-state index in [1.54, 1.807) is 6.20 Å². The van der Waals surface area contributed by atoms with Gasteiger partial charge in [-0.15, -0.1) is 0 Å². The molecule has 1 aromatic rings. The second-order valence-electron chi connectivity index (χ2n) is 3.47. The fourth-order valence-electron chi connectivity index (χ4n) is 1.28. The molecule has 0 saturated carbocycles. The molecule has 0 aliphatic rings. The molecule has 0 bridgehead atoms. The largest absolute Gasteiger partial charge is 0.330 e. The summed E-state index contributed by atoms with van der Waals surface area (Å²) < 4.78 is 0.922. The van der Waals surface area contributed by atoms with Crippen LogP contribution in [-0.2, 0) is 4.79 Å². The first-order valence-electron chi connectivity index (χ1n) is 5.33. The van der Waals surface area contributed by atoms with E-state index in [-0.39, 0.29) is 5.91 Å². The molecule has 1 rings (SSSR count). The lowest BCUT2D eigenvalue weighted by molar-refractivity contribution is -0.116. The molecule has 4 nitrogen and oxygen atoms in total. The van der Waals surface area contributed by atoms with Gasteiger partial charge in [0.2, 0.25) is 5.91 Å². The third-order valence-electron chi connectivity index (χ3n) is 2.08. The maximum atomic E-state index is 11.5. The molecule has 1 aromatic heterocycles. The Kier molecular flexibility index (Phi) is 6.59. The van der Waals surface area contributed by atoms with Crippen molar-refractivity contribution in [2.45, 2.75) is 32.1 Å². The van der Waals surface area contributed by atoms with Crippen LogP contribution in [0, 0.1) is 0 Å². The second kappa shape index (κ2) is 7.76. The van der Waals surface area contributed by atoms with Crippen molar-refractivity contribution in [1.29, 1.82) is 0 Å². The summed E-state index contributed by atoms with van der Waals surface area (Å²) in [7, 11) is 0. The van der Waals surface area contributed by atoms with Crippen molar-refractivity contribution in [1.82, 2.24) is 4.98 Å². The molecule has 0 aromatic carbocycles. The molecule has 3 N–H and O–H groups in total. The van der Waals surface area contributed by atoms with Crippen LogP contribution in [-0.4, -0.2) is 17.4 Å². The molecule has 90 valence electrons. The number of anilines is 1. The van der Waals surface area contributed by atoms with Crippen molar-refractivity contribution in [3.63, 3.8) is 0 Å². The van der Waals surface area contributed by atoms with Gasteiger partial charge in [0.15, 0.2) is 5.13 Å². The number of nitrogens with zero attached hydrogens (tertiary/aromatic N) is 1. The van der Waals surface area contributed by atoms with Crippen LogP contribution in [0.25, 0.3) is 0 Å². The smallest absolute Gasteiger partial charge is 0.226 e. The van der Waals surface area contributed by atoms with Gasteiger partial charge in [0.1, 0.15) is 0 Å². The van der Waals surface area contributed by atoms with Crippen LogP contribution < -0.4 is 11.1 Å². The van der Waals surface area contributed by atoms with Crippen molar-refractivity contribution < 1.29 is 4.79 Å². The topological polar surface area (TPSA) is 68.0 Å². The van der Waals surface area contributed by atoms with Crippen molar-refractivity contribution in [3.05, 3.63) is 9.98 Å². The minimum absolute atomic E-state index is 0.0367. The van der Waals surface area contributed by atoms with Crippen LogP contribution in [0.15, 0.2) is 9.98 Å². The van der Waals surface area contributed by atoms with E-state index >= 15 is 0 Å². The Balaban J connectivity index is 2.11. The number of nitrogens with two attached hydrogens (primary N) is 1. The van der Waals surface area contributed by atoms with E-state index in [1.165, 1.54) is 11.3 Å². The Bertz CT molecular complexity index is 330. The number of hydrogen-bond acceptors (Lipinski definition) is 4. The molecule has 0 saturated heterocycles. The molecule has 0 spiro atoms. The molecule has 6 heteroatoms. The lowest BCUT2D eigenvalue weighted by Gasteiger charge is -2.01. The normalized spacial score (nSPS) is 10.4. The summed E-state index contributed by atoms with van der Waals surface area (Å²) in [5, 5.41) is 3.42. The van der Waals surface area contributed by atoms with E-state index in [9.17, 15) is 4.79 Å². The Morgan fingerprint density at radius 1 is 1.44 bits per heavy atom. The molecule has 0 fully saturated rings. The maximum absolute atomic E-state index is 11.5. The third kappa shape index (κ3) is 5.58. The van der Waals surface area contributed by atoms with E-state index in [2.05, 4.69) is 26.2 Å². The van der Waals surface area contributed by atoms with Crippen LogP contribution in [0.2, 0.25) is 0 Å².